The minimum atomic E-state index is -3.58. The van der Waals surface area contributed by atoms with Crippen molar-refractivity contribution >= 4 is 31.8 Å². The highest BCUT2D eigenvalue weighted by Crippen LogP contribution is 2.23. The number of nitrogens with one attached hydrogen (secondary N) is 2. The van der Waals surface area contributed by atoms with Crippen LogP contribution in [0.1, 0.15) is 19.8 Å². The van der Waals surface area contributed by atoms with Crippen molar-refractivity contribution in [3.63, 3.8) is 0 Å². The maximum absolute atomic E-state index is 12.5. The Morgan fingerprint density at radius 2 is 2.29 bits per heavy atom. The highest BCUT2D eigenvalue weighted by Gasteiger charge is 2.25. The fourth-order valence-corrected chi connectivity index (χ4v) is 4.16. The molecule has 1 saturated heterocycles. The maximum atomic E-state index is 12.5. The van der Waals surface area contributed by atoms with Crippen molar-refractivity contribution in [2.75, 3.05) is 32.0 Å². The Bertz CT molecular complexity index is 594. The van der Waals surface area contributed by atoms with Crippen LogP contribution >= 0.6 is 15.9 Å². The van der Waals surface area contributed by atoms with Crippen LogP contribution in [0.2, 0.25) is 0 Å². The number of aromatic nitrogens is 1. The molecule has 2 N–H and O–H groups in total. The van der Waals surface area contributed by atoms with Gasteiger partial charge >= 0.3 is 0 Å². The molecule has 21 heavy (non-hydrogen) atoms. The first-order chi connectivity index (χ1) is 9.94. The molecule has 0 bridgehead atoms. The lowest BCUT2D eigenvalue weighted by Crippen LogP contribution is -2.38. The second-order valence-corrected chi connectivity index (χ2v) is 7.81. The van der Waals surface area contributed by atoms with Gasteiger partial charge in [-0.05, 0) is 55.4 Å². The molecule has 6 nitrogen and oxygen atoms in total. The van der Waals surface area contributed by atoms with Crippen molar-refractivity contribution < 1.29 is 8.42 Å². The van der Waals surface area contributed by atoms with Crippen LogP contribution in [0.25, 0.3) is 0 Å². The van der Waals surface area contributed by atoms with Gasteiger partial charge in [0.1, 0.15) is 10.7 Å². The highest BCUT2D eigenvalue weighted by atomic mass is 79.9. The molecular formula is C13H21BrN4O2S. The molecule has 1 aromatic heterocycles. The number of hydrogen-bond acceptors (Lipinski definition) is 5. The van der Waals surface area contributed by atoms with Crippen LogP contribution in [0.4, 0.5) is 5.82 Å². The van der Waals surface area contributed by atoms with E-state index in [0.29, 0.717) is 23.4 Å². The molecule has 0 aromatic carbocycles. The van der Waals surface area contributed by atoms with Crippen LogP contribution in [0, 0.1) is 0 Å². The van der Waals surface area contributed by atoms with Crippen LogP contribution < -0.4 is 10.0 Å². The summed E-state index contributed by atoms with van der Waals surface area (Å²) in [4.78, 5) is 6.51. The van der Waals surface area contributed by atoms with Crippen molar-refractivity contribution in [1.82, 2.24) is 14.6 Å². The summed E-state index contributed by atoms with van der Waals surface area (Å²) in [5, 5.41) is 2.98. The fraction of sp³-hybridized carbons (Fsp3) is 0.615. The summed E-state index contributed by atoms with van der Waals surface area (Å²) in [5.74, 6) is 0.382. The minimum Gasteiger partial charge on any atom is -0.369 e. The molecule has 1 unspecified atom stereocenters. The van der Waals surface area contributed by atoms with E-state index in [2.05, 4.69) is 35.9 Å². The predicted octanol–water partition coefficient (Wildman–Crippen LogP) is 1.65. The maximum Gasteiger partial charge on any atom is 0.244 e. The van der Waals surface area contributed by atoms with Crippen LogP contribution in [-0.2, 0) is 10.0 Å². The first kappa shape index (κ1) is 16.7. The molecule has 8 heteroatoms. The second-order valence-electron chi connectivity index (χ2n) is 5.16. The summed E-state index contributed by atoms with van der Waals surface area (Å²) < 4.78 is 28.4. The molecule has 0 saturated carbocycles. The van der Waals surface area contributed by atoms with Crippen molar-refractivity contribution in [3.05, 3.63) is 16.7 Å². The highest BCUT2D eigenvalue weighted by molar-refractivity contribution is 9.10. The van der Waals surface area contributed by atoms with Crippen LogP contribution in [-0.4, -0.2) is 51.0 Å². The predicted molar refractivity (Wildman–Crippen MR) is 86.9 cm³/mol. The Kier molecular flexibility index (Phi) is 5.59. The lowest BCUT2D eigenvalue weighted by molar-refractivity contribution is 0.311. The quantitative estimate of drug-likeness (QED) is 0.789. The number of hydrogen-bond donors (Lipinski definition) is 2. The number of likely N-dealkylation sites (tertiary alicyclic amines) is 1. The zero-order chi connectivity index (χ0) is 15.5. The zero-order valence-corrected chi connectivity index (χ0v) is 14.7. The van der Waals surface area contributed by atoms with E-state index in [9.17, 15) is 8.42 Å². The van der Waals surface area contributed by atoms with E-state index >= 15 is 0 Å². The number of nitrogens with zero attached hydrogens (tertiary/aromatic N) is 2. The Morgan fingerprint density at radius 1 is 1.52 bits per heavy atom. The van der Waals surface area contributed by atoms with E-state index in [1.165, 1.54) is 0 Å². The zero-order valence-electron chi connectivity index (χ0n) is 12.3. The van der Waals surface area contributed by atoms with E-state index in [4.69, 9.17) is 0 Å². The summed E-state index contributed by atoms with van der Waals surface area (Å²) in [5.41, 5.74) is 0. The van der Waals surface area contributed by atoms with Crippen LogP contribution in [0.3, 0.4) is 0 Å². The number of pyridine rings is 1. The minimum absolute atomic E-state index is 0.180. The first-order valence-corrected chi connectivity index (χ1v) is 9.31. The molecule has 1 aromatic rings. The van der Waals surface area contributed by atoms with E-state index in [-0.39, 0.29) is 10.9 Å². The van der Waals surface area contributed by atoms with E-state index in [1.807, 2.05) is 14.0 Å². The van der Waals surface area contributed by atoms with Crippen molar-refractivity contribution in [1.29, 1.82) is 0 Å². The number of likely N-dealkylation sites (N-methyl/N-ethyl adjacent to an activating group) is 1. The number of rotatable bonds is 6. The first-order valence-electron chi connectivity index (χ1n) is 7.03. The van der Waals surface area contributed by atoms with Gasteiger partial charge in [-0.15, -0.1) is 0 Å². The van der Waals surface area contributed by atoms with Crippen molar-refractivity contribution in [3.8, 4) is 0 Å². The van der Waals surface area contributed by atoms with Gasteiger partial charge in [-0.3, -0.25) is 0 Å². The van der Waals surface area contributed by atoms with E-state index < -0.39 is 10.0 Å². The summed E-state index contributed by atoms with van der Waals surface area (Å²) >= 11 is 3.28. The molecule has 1 aliphatic rings. The summed E-state index contributed by atoms with van der Waals surface area (Å²) in [7, 11) is -1.55. The van der Waals surface area contributed by atoms with Crippen molar-refractivity contribution in [2.45, 2.75) is 30.7 Å². The topological polar surface area (TPSA) is 74.3 Å². The summed E-state index contributed by atoms with van der Waals surface area (Å²) in [6.45, 7) is 3.97. The van der Waals surface area contributed by atoms with E-state index in [1.54, 1.807) is 12.3 Å². The van der Waals surface area contributed by atoms with Gasteiger partial charge in [0.05, 0.1) is 0 Å². The molecule has 0 aliphatic carbocycles. The normalized spacial score (nSPS) is 19.9. The molecule has 2 rings (SSSR count). The molecular weight excluding hydrogens is 356 g/mol. The Balaban J connectivity index is 2.16. The third-order valence-corrected chi connectivity index (χ3v) is 5.50. The van der Waals surface area contributed by atoms with Crippen LogP contribution in [0.5, 0.6) is 0 Å². The second kappa shape index (κ2) is 7.04. The van der Waals surface area contributed by atoms with E-state index in [0.717, 1.165) is 19.4 Å². The largest absolute Gasteiger partial charge is 0.369 e. The van der Waals surface area contributed by atoms with Gasteiger partial charge < -0.3 is 10.2 Å². The monoisotopic (exact) mass is 376 g/mol. The van der Waals surface area contributed by atoms with Gasteiger partial charge in [0, 0.05) is 29.8 Å². The van der Waals surface area contributed by atoms with Gasteiger partial charge in [0.2, 0.25) is 10.0 Å². The molecule has 0 spiro atoms. The van der Waals surface area contributed by atoms with Gasteiger partial charge in [0.25, 0.3) is 0 Å². The molecule has 1 aliphatic heterocycles. The fourth-order valence-electron chi connectivity index (χ4n) is 2.45. The Hall–Kier alpha value is -0.700. The molecule has 1 atom stereocenters. The summed E-state index contributed by atoms with van der Waals surface area (Å²) in [6, 6.07) is 1.84. The standard InChI is InChI=1S/C13H21BrN4O2S/c1-3-15-13-12(7-10(14)8-16-13)21(19,20)17-9-11-5-4-6-18(11)2/h7-8,11,17H,3-6,9H2,1-2H3,(H,15,16). The molecule has 1 fully saturated rings. The Morgan fingerprint density at radius 3 is 2.90 bits per heavy atom. The number of anilines is 1. The third kappa shape index (κ3) is 4.15. The number of sulfonamides is 1. The van der Waals surface area contributed by atoms with Gasteiger partial charge in [0.15, 0.2) is 0 Å². The SMILES string of the molecule is CCNc1ncc(Br)cc1S(=O)(=O)NCC1CCCN1C. The van der Waals surface area contributed by atoms with Gasteiger partial charge in [-0.1, -0.05) is 0 Å². The average molecular weight is 377 g/mol. The van der Waals surface area contributed by atoms with Crippen molar-refractivity contribution in [2.24, 2.45) is 0 Å². The molecule has 0 amide bonds. The smallest absolute Gasteiger partial charge is 0.244 e. The van der Waals surface area contributed by atoms with Gasteiger partial charge in [-0.2, -0.15) is 0 Å². The Labute approximate surface area is 134 Å². The summed E-state index contributed by atoms with van der Waals surface area (Å²) in [6.07, 6.45) is 3.72. The molecule has 0 radical (unpaired) electrons. The third-order valence-electron chi connectivity index (χ3n) is 3.63. The van der Waals surface area contributed by atoms with Crippen LogP contribution in [0.15, 0.2) is 21.6 Å². The molecule has 118 valence electrons. The lowest BCUT2D eigenvalue weighted by atomic mass is 10.2. The lowest BCUT2D eigenvalue weighted by Gasteiger charge is -2.20. The van der Waals surface area contributed by atoms with Gasteiger partial charge in [-0.25, -0.2) is 18.1 Å². The molecule has 2 heterocycles. The average Bonchev–Trinajstić information content (AvgIpc) is 2.84. The number of halogens is 1.